The van der Waals surface area contributed by atoms with Gasteiger partial charge in [-0.1, -0.05) is 71.9 Å². The highest BCUT2D eigenvalue weighted by Gasteiger charge is 2.59. The number of aliphatic hydroxyl groups is 1. The highest BCUT2D eigenvalue weighted by atomic mass is 16.6. The molecule has 7 nitrogen and oxygen atoms in total. The van der Waals surface area contributed by atoms with Crippen LogP contribution in [0.25, 0.3) is 11.1 Å². The summed E-state index contributed by atoms with van der Waals surface area (Å²) >= 11 is 0. The number of aryl methyl sites for hydroxylation is 1. The van der Waals surface area contributed by atoms with E-state index in [4.69, 9.17) is 9.57 Å². The summed E-state index contributed by atoms with van der Waals surface area (Å²) in [6, 6.07) is 25.4. The van der Waals surface area contributed by atoms with Crippen LogP contribution < -0.4 is 5.32 Å². The third-order valence-electron chi connectivity index (χ3n) is 7.11. The lowest BCUT2D eigenvalue weighted by molar-refractivity contribution is -0.192. The molecule has 2 fully saturated rings. The Morgan fingerprint density at radius 1 is 1.14 bits per heavy atom. The zero-order chi connectivity index (χ0) is 25.1. The molecule has 0 saturated carbocycles. The standard InChI is InChI=1S/C29H31N3O4/c1-20-8-6-7-11-25(20)21-12-14-23(15-13-21)27(34)32-18-24(31-35-2)16-29(32)19-36-28(29)30-17-26(33)22-9-4-3-5-10-22/h3-15,26,28,30,33H,16-19H2,1-2H3/b31-24-/t26-,28?,29?/m1/s1. The summed E-state index contributed by atoms with van der Waals surface area (Å²) in [6.07, 6.45) is -0.554. The van der Waals surface area contributed by atoms with Crippen LogP contribution in [-0.2, 0) is 9.57 Å². The van der Waals surface area contributed by atoms with Gasteiger partial charge < -0.3 is 19.6 Å². The van der Waals surface area contributed by atoms with Gasteiger partial charge >= 0.3 is 0 Å². The summed E-state index contributed by atoms with van der Waals surface area (Å²) in [4.78, 5) is 20.6. The lowest BCUT2D eigenvalue weighted by atomic mass is 9.88. The molecule has 7 heteroatoms. The zero-order valence-electron chi connectivity index (χ0n) is 20.6. The van der Waals surface area contributed by atoms with Crippen molar-refractivity contribution in [3.05, 3.63) is 95.6 Å². The Morgan fingerprint density at radius 2 is 1.86 bits per heavy atom. The molecule has 2 saturated heterocycles. The average Bonchev–Trinajstić information content (AvgIpc) is 3.30. The molecule has 3 aromatic rings. The second kappa shape index (κ2) is 10.2. The van der Waals surface area contributed by atoms with Crippen molar-refractivity contribution in [2.24, 2.45) is 5.16 Å². The van der Waals surface area contributed by atoms with E-state index in [0.717, 1.165) is 22.4 Å². The second-order valence-electron chi connectivity index (χ2n) is 9.43. The predicted octanol–water partition coefficient (Wildman–Crippen LogP) is 3.93. The van der Waals surface area contributed by atoms with E-state index >= 15 is 0 Å². The molecule has 3 aromatic carbocycles. The minimum Gasteiger partial charge on any atom is -0.399 e. The number of hydrogen-bond acceptors (Lipinski definition) is 6. The van der Waals surface area contributed by atoms with Gasteiger partial charge in [0.05, 0.1) is 25.0 Å². The van der Waals surface area contributed by atoms with Crippen molar-refractivity contribution in [3.63, 3.8) is 0 Å². The van der Waals surface area contributed by atoms with Gasteiger partial charge in [0.25, 0.3) is 5.91 Å². The highest BCUT2D eigenvalue weighted by Crippen LogP contribution is 2.40. The first-order valence-electron chi connectivity index (χ1n) is 12.2. The van der Waals surface area contributed by atoms with Crippen molar-refractivity contribution < 1.29 is 19.5 Å². The Hall–Kier alpha value is -3.52. The minimum absolute atomic E-state index is 0.0775. The molecule has 1 spiro atoms. The number of benzene rings is 3. The van der Waals surface area contributed by atoms with Gasteiger partial charge in [0.1, 0.15) is 18.9 Å². The Balaban J connectivity index is 1.35. The minimum atomic E-state index is -0.681. The van der Waals surface area contributed by atoms with Gasteiger partial charge in [-0.05, 0) is 41.3 Å². The van der Waals surface area contributed by atoms with Crippen LogP contribution in [0.5, 0.6) is 0 Å². The summed E-state index contributed by atoms with van der Waals surface area (Å²) < 4.78 is 5.88. The number of carbonyl (C=O) groups is 1. The molecule has 5 rings (SSSR count). The van der Waals surface area contributed by atoms with Gasteiger partial charge in [0.2, 0.25) is 0 Å². The molecule has 2 aliphatic rings. The fraction of sp³-hybridized carbons (Fsp3) is 0.310. The average molecular weight is 486 g/mol. The molecule has 3 atom stereocenters. The fourth-order valence-electron chi connectivity index (χ4n) is 5.14. The van der Waals surface area contributed by atoms with E-state index in [-0.39, 0.29) is 5.91 Å². The second-order valence-corrected chi connectivity index (χ2v) is 9.43. The Labute approximate surface area is 211 Å². The van der Waals surface area contributed by atoms with Gasteiger partial charge in [-0.15, -0.1) is 0 Å². The number of aliphatic hydroxyl groups excluding tert-OH is 1. The largest absolute Gasteiger partial charge is 0.399 e. The van der Waals surface area contributed by atoms with Crippen LogP contribution in [0.1, 0.15) is 34.0 Å². The highest BCUT2D eigenvalue weighted by molar-refractivity contribution is 6.01. The smallest absolute Gasteiger partial charge is 0.254 e. The van der Waals surface area contributed by atoms with Crippen molar-refractivity contribution in [1.29, 1.82) is 0 Å². The quantitative estimate of drug-likeness (QED) is 0.496. The summed E-state index contributed by atoms with van der Waals surface area (Å²) in [5.74, 6) is -0.0775. The Bertz CT molecular complexity index is 1240. The first-order valence-corrected chi connectivity index (χ1v) is 12.2. The number of nitrogens with zero attached hydrogens (tertiary/aromatic N) is 2. The first-order chi connectivity index (χ1) is 17.5. The molecule has 0 bridgehead atoms. The zero-order valence-corrected chi connectivity index (χ0v) is 20.6. The normalized spacial score (nSPS) is 23.0. The van der Waals surface area contributed by atoms with E-state index in [1.54, 1.807) is 0 Å². The number of ether oxygens (including phenoxy) is 1. The molecule has 0 aromatic heterocycles. The third kappa shape index (κ3) is 4.53. The van der Waals surface area contributed by atoms with Crippen LogP contribution >= 0.6 is 0 Å². The van der Waals surface area contributed by atoms with Crippen LogP contribution in [0.4, 0.5) is 0 Å². The van der Waals surface area contributed by atoms with E-state index in [9.17, 15) is 9.90 Å². The molecule has 2 unspecified atom stereocenters. The molecular formula is C29H31N3O4. The van der Waals surface area contributed by atoms with E-state index in [2.05, 4.69) is 29.5 Å². The molecule has 2 aliphatic heterocycles. The van der Waals surface area contributed by atoms with Gasteiger partial charge in [-0.25, -0.2) is 0 Å². The monoisotopic (exact) mass is 485 g/mol. The summed E-state index contributed by atoms with van der Waals surface area (Å²) in [6.45, 7) is 3.15. The molecule has 2 heterocycles. The van der Waals surface area contributed by atoms with Crippen molar-refractivity contribution in [2.45, 2.75) is 31.2 Å². The maximum absolute atomic E-state index is 13.7. The van der Waals surface area contributed by atoms with Crippen LogP contribution in [0, 0.1) is 6.92 Å². The number of nitrogens with one attached hydrogen (secondary N) is 1. The van der Waals surface area contributed by atoms with Crippen LogP contribution in [-0.4, -0.2) is 60.2 Å². The number of likely N-dealkylation sites (tertiary alicyclic amines) is 1. The van der Waals surface area contributed by atoms with Crippen molar-refractivity contribution in [2.75, 3.05) is 26.8 Å². The van der Waals surface area contributed by atoms with Crippen LogP contribution in [0.2, 0.25) is 0 Å². The van der Waals surface area contributed by atoms with Gasteiger partial charge in [0.15, 0.2) is 0 Å². The van der Waals surface area contributed by atoms with E-state index in [1.807, 2.05) is 71.6 Å². The number of amides is 1. The molecule has 0 aliphatic carbocycles. The SMILES string of the molecule is CO/N=C1\CN(C(=O)c2ccc(-c3ccccc3C)cc2)C2(COC2NC[C@@H](O)c2ccccc2)C1. The fourth-order valence-corrected chi connectivity index (χ4v) is 5.14. The number of hydrogen-bond donors (Lipinski definition) is 2. The molecule has 1 amide bonds. The van der Waals surface area contributed by atoms with Crippen LogP contribution in [0.15, 0.2) is 84.0 Å². The van der Waals surface area contributed by atoms with Crippen molar-refractivity contribution >= 4 is 11.6 Å². The van der Waals surface area contributed by atoms with E-state index in [0.29, 0.717) is 31.7 Å². The van der Waals surface area contributed by atoms with E-state index < -0.39 is 17.9 Å². The topological polar surface area (TPSA) is 83.4 Å². The third-order valence-corrected chi connectivity index (χ3v) is 7.11. The predicted molar refractivity (Wildman–Crippen MR) is 139 cm³/mol. The number of carbonyl (C=O) groups excluding carboxylic acids is 1. The molecule has 2 N–H and O–H groups in total. The maximum Gasteiger partial charge on any atom is 0.254 e. The van der Waals surface area contributed by atoms with Gasteiger partial charge in [-0.2, -0.15) is 0 Å². The van der Waals surface area contributed by atoms with Gasteiger partial charge in [-0.3, -0.25) is 10.1 Å². The number of rotatable bonds is 7. The Kier molecular flexibility index (Phi) is 6.87. The van der Waals surface area contributed by atoms with E-state index in [1.165, 1.54) is 12.7 Å². The van der Waals surface area contributed by atoms with Gasteiger partial charge in [0, 0.05) is 18.5 Å². The summed E-state index contributed by atoms with van der Waals surface area (Å²) in [7, 11) is 1.51. The van der Waals surface area contributed by atoms with Crippen molar-refractivity contribution in [1.82, 2.24) is 10.2 Å². The van der Waals surface area contributed by atoms with Crippen molar-refractivity contribution in [3.8, 4) is 11.1 Å². The number of oxime groups is 1. The van der Waals surface area contributed by atoms with Crippen LogP contribution in [0.3, 0.4) is 0 Å². The Morgan fingerprint density at radius 3 is 2.53 bits per heavy atom. The molecule has 0 radical (unpaired) electrons. The maximum atomic E-state index is 13.7. The summed E-state index contributed by atoms with van der Waals surface area (Å²) in [5.41, 5.74) is 5.06. The summed E-state index contributed by atoms with van der Waals surface area (Å²) in [5, 5.41) is 18.1. The lowest BCUT2D eigenvalue weighted by Crippen LogP contribution is -2.71. The molecular weight excluding hydrogens is 454 g/mol. The molecule has 186 valence electrons. The molecule has 36 heavy (non-hydrogen) atoms. The lowest BCUT2D eigenvalue weighted by Gasteiger charge is -2.51. The first kappa shape index (κ1) is 24.2.